The minimum absolute atomic E-state index is 0.0626. The molecule has 1 amide bonds. The number of carbonyl (C=O) groups is 1. The SMILES string of the molecule is CCCN=C(c1nc2c(-c3cc(O)cc(F)c3)cncc2[nH]1)c1nc(-c2cc(I)cc(NC(=O)C3CCCCC3)c2)ccc1C. The molecule has 0 spiro atoms. The number of hydrogen-bond donors (Lipinski definition) is 3. The van der Waals surface area contributed by atoms with Crippen molar-refractivity contribution in [2.24, 2.45) is 10.9 Å². The van der Waals surface area contributed by atoms with Gasteiger partial charge in [-0.25, -0.2) is 14.4 Å². The third kappa shape index (κ3) is 6.90. The van der Waals surface area contributed by atoms with Crippen LogP contribution in [0, 0.1) is 22.2 Å². The van der Waals surface area contributed by atoms with Gasteiger partial charge in [-0.3, -0.25) is 14.8 Å². The van der Waals surface area contributed by atoms with Gasteiger partial charge < -0.3 is 15.4 Å². The Balaban J connectivity index is 1.38. The molecule has 10 heteroatoms. The number of aromatic amines is 1. The van der Waals surface area contributed by atoms with Crippen molar-refractivity contribution in [3.63, 3.8) is 0 Å². The number of fused-ring (bicyclic) bond motifs is 1. The van der Waals surface area contributed by atoms with Crippen LogP contribution in [0.2, 0.25) is 0 Å². The topological polar surface area (TPSA) is 116 Å². The predicted molar refractivity (Wildman–Crippen MR) is 184 cm³/mol. The summed E-state index contributed by atoms with van der Waals surface area (Å²) in [6.07, 6.45) is 9.39. The first-order valence-electron chi connectivity index (χ1n) is 15.3. The summed E-state index contributed by atoms with van der Waals surface area (Å²) >= 11 is 2.27. The molecule has 2 aromatic carbocycles. The number of H-pyrrole nitrogens is 1. The standard InChI is InChI=1S/C35H34FIN6O2/c1-3-11-39-33(34-42-30-19-38-18-28(32(30)43-34)22-12-24(36)16-27(44)15-22)31-20(2)9-10-29(41-31)23-13-25(37)17-26(14-23)40-35(45)21-7-5-4-6-8-21/h9-10,12-19,21,44H,3-8,11H2,1-2H3,(H,40,45)(H,42,43). The molecule has 3 heterocycles. The van der Waals surface area contributed by atoms with Crippen LogP contribution in [-0.2, 0) is 4.79 Å². The smallest absolute Gasteiger partial charge is 0.227 e. The van der Waals surface area contributed by atoms with Crippen molar-refractivity contribution < 1.29 is 14.3 Å². The zero-order valence-corrected chi connectivity index (χ0v) is 27.4. The number of anilines is 1. The van der Waals surface area contributed by atoms with Crippen molar-refractivity contribution in [1.29, 1.82) is 0 Å². The summed E-state index contributed by atoms with van der Waals surface area (Å²) in [4.78, 5) is 35.6. The van der Waals surface area contributed by atoms with E-state index in [1.165, 1.54) is 18.6 Å². The summed E-state index contributed by atoms with van der Waals surface area (Å²) in [6, 6.07) is 13.9. The molecule has 0 atom stereocenters. The summed E-state index contributed by atoms with van der Waals surface area (Å²) in [5.41, 5.74) is 6.91. The van der Waals surface area contributed by atoms with Crippen LogP contribution in [0.5, 0.6) is 5.75 Å². The van der Waals surface area contributed by atoms with E-state index >= 15 is 0 Å². The van der Waals surface area contributed by atoms with Gasteiger partial charge >= 0.3 is 0 Å². The van der Waals surface area contributed by atoms with Crippen molar-refractivity contribution in [3.05, 3.63) is 87.4 Å². The maximum absolute atomic E-state index is 14.2. The van der Waals surface area contributed by atoms with Gasteiger partial charge in [0.1, 0.15) is 17.3 Å². The summed E-state index contributed by atoms with van der Waals surface area (Å²) in [5.74, 6) is -0.0584. The fraction of sp³-hybridized carbons (Fsp3) is 0.286. The molecular formula is C35H34FIN6O2. The fourth-order valence-corrected chi connectivity index (χ4v) is 6.49. The molecule has 3 N–H and O–H groups in total. The predicted octanol–water partition coefficient (Wildman–Crippen LogP) is 8.21. The minimum atomic E-state index is -0.549. The lowest BCUT2D eigenvalue weighted by Crippen LogP contribution is -2.24. The van der Waals surface area contributed by atoms with Gasteiger partial charge in [0.15, 0.2) is 5.82 Å². The highest BCUT2D eigenvalue weighted by atomic mass is 127. The van der Waals surface area contributed by atoms with E-state index in [4.69, 9.17) is 15.0 Å². The van der Waals surface area contributed by atoms with Gasteiger partial charge in [0.2, 0.25) is 5.91 Å². The number of hydrogen-bond acceptors (Lipinski definition) is 6. The molecule has 5 aromatic rings. The molecule has 0 bridgehead atoms. The van der Waals surface area contributed by atoms with E-state index in [9.17, 15) is 14.3 Å². The molecule has 6 rings (SSSR count). The van der Waals surface area contributed by atoms with Crippen LogP contribution < -0.4 is 5.32 Å². The Morgan fingerprint density at radius 1 is 1.07 bits per heavy atom. The average Bonchev–Trinajstić information content (AvgIpc) is 3.46. The molecule has 230 valence electrons. The van der Waals surface area contributed by atoms with Crippen LogP contribution in [0.4, 0.5) is 10.1 Å². The van der Waals surface area contributed by atoms with Crippen LogP contribution in [0.15, 0.2) is 65.9 Å². The third-order valence-corrected chi connectivity index (χ3v) is 8.69. The number of aromatic nitrogens is 4. The minimum Gasteiger partial charge on any atom is -0.508 e. The first kappa shape index (κ1) is 30.8. The van der Waals surface area contributed by atoms with Crippen LogP contribution in [0.1, 0.15) is 62.5 Å². The Labute approximate surface area is 274 Å². The third-order valence-electron chi connectivity index (χ3n) is 8.06. The number of nitrogens with zero attached hydrogens (tertiary/aromatic N) is 4. The quantitative estimate of drug-likeness (QED) is 0.111. The summed E-state index contributed by atoms with van der Waals surface area (Å²) in [7, 11) is 0. The highest BCUT2D eigenvalue weighted by Crippen LogP contribution is 2.32. The summed E-state index contributed by atoms with van der Waals surface area (Å²) < 4.78 is 15.2. The summed E-state index contributed by atoms with van der Waals surface area (Å²) in [5, 5.41) is 13.2. The highest BCUT2D eigenvalue weighted by Gasteiger charge is 2.22. The van der Waals surface area contributed by atoms with E-state index in [1.807, 2.05) is 31.2 Å². The number of aromatic hydroxyl groups is 1. The van der Waals surface area contributed by atoms with Gasteiger partial charge in [-0.2, -0.15) is 0 Å². The van der Waals surface area contributed by atoms with Gasteiger partial charge in [-0.15, -0.1) is 0 Å². The molecule has 8 nitrogen and oxygen atoms in total. The van der Waals surface area contributed by atoms with Crippen molar-refractivity contribution in [2.45, 2.75) is 52.4 Å². The maximum Gasteiger partial charge on any atom is 0.227 e. The Morgan fingerprint density at radius 2 is 1.89 bits per heavy atom. The van der Waals surface area contributed by atoms with E-state index in [1.54, 1.807) is 12.4 Å². The molecule has 0 radical (unpaired) electrons. The second-order valence-corrected chi connectivity index (χ2v) is 12.8. The zero-order chi connectivity index (χ0) is 31.5. The maximum atomic E-state index is 14.2. The number of imidazole rings is 1. The number of phenols is 1. The normalized spacial score (nSPS) is 14.2. The molecule has 1 fully saturated rings. The number of rotatable bonds is 8. The Kier molecular flexibility index (Phi) is 9.20. The van der Waals surface area contributed by atoms with E-state index in [2.05, 4.69) is 50.9 Å². The van der Waals surface area contributed by atoms with E-state index in [0.717, 1.165) is 64.2 Å². The highest BCUT2D eigenvalue weighted by molar-refractivity contribution is 14.1. The van der Waals surface area contributed by atoms with Crippen molar-refractivity contribution in [1.82, 2.24) is 19.9 Å². The van der Waals surface area contributed by atoms with Gasteiger partial charge in [-0.05, 0) is 96.3 Å². The Bertz CT molecular complexity index is 1890. The second kappa shape index (κ2) is 13.4. The van der Waals surface area contributed by atoms with Crippen molar-refractivity contribution >= 4 is 50.9 Å². The molecule has 1 saturated carbocycles. The van der Waals surface area contributed by atoms with Crippen molar-refractivity contribution in [2.75, 3.05) is 11.9 Å². The first-order chi connectivity index (χ1) is 21.8. The number of amides is 1. The monoisotopic (exact) mass is 716 g/mol. The van der Waals surface area contributed by atoms with E-state index in [0.29, 0.717) is 45.9 Å². The number of phenolic OH excluding ortho intramolecular Hbond substituents is 1. The van der Waals surface area contributed by atoms with Gasteiger partial charge in [-0.1, -0.05) is 32.3 Å². The largest absolute Gasteiger partial charge is 0.508 e. The number of benzene rings is 2. The number of nitrogens with one attached hydrogen (secondary N) is 2. The molecule has 0 aliphatic heterocycles. The van der Waals surface area contributed by atoms with Crippen LogP contribution in [0.3, 0.4) is 0 Å². The molecular weight excluding hydrogens is 682 g/mol. The molecule has 0 saturated heterocycles. The fourth-order valence-electron chi connectivity index (χ4n) is 5.82. The lowest BCUT2D eigenvalue weighted by molar-refractivity contribution is -0.120. The Morgan fingerprint density at radius 3 is 2.67 bits per heavy atom. The van der Waals surface area contributed by atoms with Crippen molar-refractivity contribution in [3.8, 4) is 28.1 Å². The van der Waals surface area contributed by atoms with Crippen LogP contribution in [-0.4, -0.2) is 43.2 Å². The molecule has 1 aliphatic carbocycles. The summed E-state index contributed by atoms with van der Waals surface area (Å²) in [6.45, 7) is 4.62. The number of pyridine rings is 2. The number of aryl methyl sites for hydroxylation is 1. The van der Waals surface area contributed by atoms with Gasteiger partial charge in [0.25, 0.3) is 0 Å². The Hall–Kier alpha value is -4.19. The molecule has 1 aliphatic rings. The lowest BCUT2D eigenvalue weighted by atomic mass is 9.88. The van der Waals surface area contributed by atoms with Gasteiger partial charge in [0, 0.05) is 45.1 Å². The van der Waals surface area contributed by atoms with E-state index < -0.39 is 5.82 Å². The average molecular weight is 717 g/mol. The van der Waals surface area contributed by atoms with Gasteiger partial charge in [0.05, 0.1) is 28.6 Å². The second-order valence-electron chi connectivity index (χ2n) is 11.5. The van der Waals surface area contributed by atoms with E-state index in [-0.39, 0.29) is 17.6 Å². The first-order valence-corrected chi connectivity index (χ1v) is 16.3. The number of carbonyl (C=O) groups excluding carboxylic acids is 1. The van der Waals surface area contributed by atoms with Crippen LogP contribution >= 0.6 is 22.6 Å². The number of halogens is 2. The molecule has 0 unspecified atom stereocenters. The van der Waals surface area contributed by atoms with Crippen LogP contribution in [0.25, 0.3) is 33.4 Å². The lowest BCUT2D eigenvalue weighted by Gasteiger charge is -2.21. The molecule has 45 heavy (non-hydrogen) atoms. The number of aliphatic imine (C=N–C) groups is 1. The zero-order valence-electron chi connectivity index (χ0n) is 25.2. The molecule has 3 aromatic heterocycles.